The van der Waals surface area contributed by atoms with Crippen molar-refractivity contribution in [3.63, 3.8) is 0 Å². The van der Waals surface area contributed by atoms with E-state index in [2.05, 4.69) is 9.71 Å². The smallest absolute Gasteiger partial charge is 0.241 e. The number of likely N-dealkylation sites (tertiary alicyclic amines) is 1. The Labute approximate surface area is 186 Å². The molecule has 4 rings (SSSR count). The quantitative estimate of drug-likeness (QED) is 0.376. The number of benzene rings is 2. The predicted octanol–water partition coefficient (Wildman–Crippen LogP) is 2.11. The number of hydrogen-bond acceptors (Lipinski definition) is 5. The lowest BCUT2D eigenvalue weighted by molar-refractivity contribution is -0.129. The monoisotopic (exact) mass is 449 g/mol. The number of nitrogens with zero attached hydrogens (tertiary/aromatic N) is 2. The second kappa shape index (κ2) is 8.89. The molecule has 1 aliphatic heterocycles. The zero-order valence-electron chi connectivity index (χ0n) is 17.2. The molecule has 8 nitrogen and oxygen atoms in total. The van der Waals surface area contributed by atoms with E-state index < -0.39 is 16.1 Å². The molecule has 1 aromatic heterocycles. The van der Waals surface area contributed by atoms with Gasteiger partial charge in [-0.25, -0.2) is 8.42 Å². The molecule has 1 fully saturated rings. The molecular weight excluding hydrogens is 426 g/mol. The first kappa shape index (κ1) is 21.7. The van der Waals surface area contributed by atoms with E-state index in [9.17, 15) is 13.2 Å². The van der Waals surface area contributed by atoms with Crippen molar-refractivity contribution >= 4 is 21.8 Å². The summed E-state index contributed by atoms with van der Waals surface area (Å²) in [6.45, 7) is 0.770. The van der Waals surface area contributed by atoms with E-state index in [-0.39, 0.29) is 16.6 Å². The number of pyridine rings is 1. The van der Waals surface area contributed by atoms with Crippen molar-refractivity contribution in [1.82, 2.24) is 14.6 Å². The van der Waals surface area contributed by atoms with Gasteiger partial charge in [0.25, 0.3) is 0 Å². The molecule has 2 heterocycles. The zero-order chi connectivity index (χ0) is 22.7. The van der Waals surface area contributed by atoms with Gasteiger partial charge in [-0.1, -0.05) is 36.4 Å². The average Bonchev–Trinajstić information content (AvgIpc) is 3.13. The van der Waals surface area contributed by atoms with Crippen LogP contribution in [0.5, 0.6) is 0 Å². The Bertz CT molecular complexity index is 1240. The fraction of sp³-hybridized carbons (Fsp3) is 0.174. The predicted molar refractivity (Wildman–Crippen MR) is 121 cm³/mol. The fourth-order valence-corrected chi connectivity index (χ4v) is 4.88. The van der Waals surface area contributed by atoms with Gasteiger partial charge in [-0.2, -0.15) is 4.72 Å². The summed E-state index contributed by atoms with van der Waals surface area (Å²) in [4.78, 5) is 18.8. The van der Waals surface area contributed by atoms with E-state index >= 15 is 0 Å². The molecule has 0 saturated carbocycles. The number of nitrogens with one attached hydrogen (secondary N) is 2. The number of nitrogen functional groups attached to an aromatic ring is 1. The van der Waals surface area contributed by atoms with Crippen molar-refractivity contribution in [2.75, 3.05) is 6.54 Å². The molecule has 0 radical (unpaired) electrons. The minimum Gasteiger partial charge on any atom is -0.384 e. The second-order valence-electron chi connectivity index (χ2n) is 7.58. The summed E-state index contributed by atoms with van der Waals surface area (Å²) < 4.78 is 28.2. The molecule has 0 spiro atoms. The van der Waals surface area contributed by atoms with Crippen molar-refractivity contribution in [3.05, 3.63) is 84.1 Å². The van der Waals surface area contributed by atoms with E-state index in [1.54, 1.807) is 41.4 Å². The highest BCUT2D eigenvalue weighted by Gasteiger charge is 2.34. The number of carbonyl (C=O) groups excluding carboxylic acids is 1. The van der Waals surface area contributed by atoms with Gasteiger partial charge in [0.1, 0.15) is 11.9 Å². The molecule has 1 atom stereocenters. The second-order valence-corrected chi connectivity index (χ2v) is 9.29. The van der Waals surface area contributed by atoms with Gasteiger partial charge < -0.3 is 10.6 Å². The summed E-state index contributed by atoms with van der Waals surface area (Å²) in [6.07, 6.45) is 2.06. The summed E-state index contributed by atoms with van der Waals surface area (Å²) in [6, 6.07) is 18.2. The molecule has 4 N–H and O–H groups in total. The van der Waals surface area contributed by atoms with E-state index in [4.69, 9.17) is 11.1 Å². The average molecular weight is 450 g/mol. The first-order valence-corrected chi connectivity index (χ1v) is 11.6. The van der Waals surface area contributed by atoms with Crippen LogP contribution in [0, 0.1) is 5.41 Å². The molecular formula is C23H23N5O3S. The highest BCUT2D eigenvalue weighted by molar-refractivity contribution is 7.89. The summed E-state index contributed by atoms with van der Waals surface area (Å²) >= 11 is 0. The van der Waals surface area contributed by atoms with Crippen molar-refractivity contribution in [2.24, 2.45) is 5.73 Å². The Morgan fingerprint density at radius 1 is 1.12 bits per heavy atom. The number of hydrogen-bond donors (Lipinski definition) is 3. The Balaban J connectivity index is 1.43. The maximum atomic E-state index is 12.8. The zero-order valence-corrected chi connectivity index (χ0v) is 18.0. The normalized spacial score (nSPS) is 16.3. The highest BCUT2D eigenvalue weighted by Crippen LogP contribution is 2.21. The van der Waals surface area contributed by atoms with Gasteiger partial charge in [0, 0.05) is 30.4 Å². The van der Waals surface area contributed by atoms with Gasteiger partial charge >= 0.3 is 0 Å². The van der Waals surface area contributed by atoms with Gasteiger partial charge in [0.15, 0.2) is 0 Å². The Morgan fingerprint density at radius 3 is 2.59 bits per heavy atom. The van der Waals surface area contributed by atoms with Crippen molar-refractivity contribution in [2.45, 2.75) is 23.9 Å². The molecule has 2 aromatic carbocycles. The molecule has 0 bridgehead atoms. The van der Waals surface area contributed by atoms with Crippen LogP contribution in [-0.4, -0.2) is 42.6 Å². The Hall–Kier alpha value is -3.56. The minimum absolute atomic E-state index is 0.0423. The molecule has 3 aromatic rings. The third kappa shape index (κ3) is 4.68. The summed E-state index contributed by atoms with van der Waals surface area (Å²) in [7, 11) is -3.85. The van der Waals surface area contributed by atoms with Crippen LogP contribution in [-0.2, 0) is 21.4 Å². The largest absolute Gasteiger partial charge is 0.384 e. The molecule has 164 valence electrons. The van der Waals surface area contributed by atoms with E-state index in [0.29, 0.717) is 25.1 Å². The molecule has 0 unspecified atom stereocenters. The lowest BCUT2D eigenvalue weighted by atomic mass is 10.1. The Kier molecular flexibility index (Phi) is 6.02. The number of carbonyl (C=O) groups is 1. The number of amidine groups is 1. The van der Waals surface area contributed by atoms with Gasteiger partial charge in [0.05, 0.1) is 10.6 Å². The van der Waals surface area contributed by atoms with Crippen LogP contribution in [0.2, 0.25) is 0 Å². The molecule has 1 saturated heterocycles. The fourth-order valence-electron chi connectivity index (χ4n) is 3.66. The molecule has 1 amide bonds. The third-order valence-electron chi connectivity index (χ3n) is 5.33. The van der Waals surface area contributed by atoms with Gasteiger partial charge in [-0.05, 0) is 42.3 Å². The van der Waals surface area contributed by atoms with Gasteiger partial charge in [0.2, 0.25) is 15.9 Å². The van der Waals surface area contributed by atoms with E-state index in [1.807, 2.05) is 24.3 Å². The number of sulfonamides is 1. The highest BCUT2D eigenvalue weighted by atomic mass is 32.2. The minimum atomic E-state index is -3.85. The van der Waals surface area contributed by atoms with Crippen molar-refractivity contribution in [1.29, 1.82) is 5.41 Å². The standard InChI is InChI=1S/C23H23N5O3S/c24-22(25)18-5-3-4-16(14-18)15-28-13-11-21(23(28)29)27-32(30,31)19-9-7-17(8-10-19)20-6-1-2-12-26-20/h1-10,12,14,21,27H,11,13,15H2,(H3,24,25)/t21-/m0/s1. The van der Waals surface area contributed by atoms with E-state index in [0.717, 1.165) is 16.8 Å². The van der Waals surface area contributed by atoms with Crippen LogP contribution in [0.1, 0.15) is 17.5 Å². The maximum absolute atomic E-state index is 12.8. The number of nitrogens with two attached hydrogens (primary N) is 1. The van der Waals surface area contributed by atoms with Crippen LogP contribution in [0.25, 0.3) is 11.3 Å². The Morgan fingerprint density at radius 2 is 1.91 bits per heavy atom. The van der Waals surface area contributed by atoms with Crippen molar-refractivity contribution < 1.29 is 13.2 Å². The maximum Gasteiger partial charge on any atom is 0.241 e. The van der Waals surface area contributed by atoms with Gasteiger partial charge in [-0.3, -0.25) is 15.2 Å². The van der Waals surface area contributed by atoms with Crippen LogP contribution in [0.4, 0.5) is 0 Å². The SMILES string of the molecule is N=C(N)c1cccc(CN2CC[C@H](NS(=O)(=O)c3ccc(-c4ccccn4)cc3)C2=O)c1. The van der Waals surface area contributed by atoms with E-state index in [1.165, 1.54) is 12.1 Å². The molecule has 0 aliphatic carbocycles. The third-order valence-corrected chi connectivity index (χ3v) is 6.82. The first-order chi connectivity index (χ1) is 15.3. The van der Waals surface area contributed by atoms with Crippen LogP contribution in [0.15, 0.2) is 77.8 Å². The summed E-state index contributed by atoms with van der Waals surface area (Å²) in [5, 5.41) is 7.55. The summed E-state index contributed by atoms with van der Waals surface area (Å²) in [5.74, 6) is -0.314. The summed E-state index contributed by atoms with van der Waals surface area (Å²) in [5.41, 5.74) is 8.50. The number of amides is 1. The first-order valence-electron chi connectivity index (χ1n) is 10.1. The van der Waals surface area contributed by atoms with Crippen LogP contribution >= 0.6 is 0 Å². The van der Waals surface area contributed by atoms with Gasteiger partial charge in [-0.15, -0.1) is 0 Å². The van der Waals surface area contributed by atoms with Crippen molar-refractivity contribution in [3.8, 4) is 11.3 Å². The molecule has 1 aliphatic rings. The van der Waals surface area contributed by atoms with Crippen LogP contribution < -0.4 is 10.5 Å². The molecule has 9 heteroatoms. The number of rotatable bonds is 7. The lowest BCUT2D eigenvalue weighted by Gasteiger charge is -2.18. The molecule has 32 heavy (non-hydrogen) atoms. The topological polar surface area (TPSA) is 129 Å². The van der Waals surface area contributed by atoms with Crippen LogP contribution in [0.3, 0.4) is 0 Å². The number of aromatic nitrogens is 1. The lowest BCUT2D eigenvalue weighted by Crippen LogP contribution is -2.41.